The second-order valence-corrected chi connectivity index (χ2v) is 5.24. The van der Waals surface area contributed by atoms with Gasteiger partial charge in [-0.2, -0.15) is 0 Å². The van der Waals surface area contributed by atoms with E-state index in [0.717, 1.165) is 20.3 Å². The normalized spacial score (nSPS) is 10.3. The summed E-state index contributed by atoms with van der Waals surface area (Å²) < 4.78 is 7.17. The Hall–Kier alpha value is -0.590. The summed E-state index contributed by atoms with van der Waals surface area (Å²) in [7, 11) is 1.63. The van der Waals surface area contributed by atoms with Crippen LogP contribution in [-0.4, -0.2) is 19.6 Å². The molecular weight excluding hydrogens is 352 g/mol. The number of hydrogen-bond acceptors (Lipinski definition) is 3. The summed E-state index contributed by atoms with van der Waals surface area (Å²) in [6.45, 7) is 1.18. The zero-order chi connectivity index (χ0) is 12.8. The summed E-state index contributed by atoms with van der Waals surface area (Å²) in [4.78, 5) is 10.6. The van der Waals surface area contributed by atoms with Crippen molar-refractivity contribution in [1.29, 1.82) is 0 Å². The number of primary amides is 1. The molecule has 6 heteroatoms. The number of nitrogens with two attached hydrogens (primary N) is 1. The number of rotatable bonds is 6. The molecule has 94 valence electrons. The van der Waals surface area contributed by atoms with E-state index in [-0.39, 0.29) is 5.91 Å². The zero-order valence-corrected chi connectivity index (χ0v) is 12.6. The van der Waals surface area contributed by atoms with Gasteiger partial charge in [-0.1, -0.05) is 15.9 Å². The SMILES string of the molecule is COc1c(Br)cc(Br)cc1CNCCC(N)=O. The second-order valence-electron chi connectivity index (χ2n) is 3.47. The number of hydrogen-bond donors (Lipinski definition) is 2. The van der Waals surface area contributed by atoms with Crippen LogP contribution in [0, 0.1) is 0 Å². The number of carbonyl (C=O) groups is 1. The number of methoxy groups -OCH3 is 1. The van der Waals surface area contributed by atoms with Crippen molar-refractivity contribution in [2.24, 2.45) is 5.73 Å². The van der Waals surface area contributed by atoms with Crippen molar-refractivity contribution in [2.45, 2.75) is 13.0 Å². The van der Waals surface area contributed by atoms with Crippen molar-refractivity contribution >= 4 is 37.8 Å². The van der Waals surface area contributed by atoms with Gasteiger partial charge in [-0.25, -0.2) is 0 Å². The van der Waals surface area contributed by atoms with Gasteiger partial charge < -0.3 is 15.8 Å². The van der Waals surface area contributed by atoms with E-state index in [9.17, 15) is 4.79 Å². The summed E-state index contributed by atoms with van der Waals surface area (Å²) in [6.07, 6.45) is 0.331. The Balaban J connectivity index is 2.66. The van der Waals surface area contributed by atoms with Crippen molar-refractivity contribution in [3.05, 3.63) is 26.6 Å². The molecule has 1 amide bonds. The summed E-state index contributed by atoms with van der Waals surface area (Å²) >= 11 is 6.85. The molecule has 17 heavy (non-hydrogen) atoms. The number of benzene rings is 1. The third-order valence-electron chi connectivity index (χ3n) is 2.15. The number of nitrogens with one attached hydrogen (secondary N) is 1. The van der Waals surface area contributed by atoms with Crippen LogP contribution in [0.15, 0.2) is 21.1 Å². The van der Waals surface area contributed by atoms with Gasteiger partial charge >= 0.3 is 0 Å². The molecule has 0 heterocycles. The lowest BCUT2D eigenvalue weighted by molar-refractivity contribution is -0.117. The Bertz CT molecular complexity index is 411. The van der Waals surface area contributed by atoms with Crippen LogP contribution in [0.25, 0.3) is 0 Å². The molecule has 4 nitrogen and oxygen atoms in total. The number of ether oxygens (including phenoxy) is 1. The van der Waals surface area contributed by atoms with Crippen LogP contribution >= 0.6 is 31.9 Å². The molecule has 0 aromatic heterocycles. The molecule has 1 aromatic carbocycles. The molecule has 0 fully saturated rings. The maximum atomic E-state index is 10.6. The van der Waals surface area contributed by atoms with Gasteiger partial charge in [-0.3, -0.25) is 4.79 Å². The summed E-state index contributed by atoms with van der Waals surface area (Å²) in [5, 5.41) is 3.14. The van der Waals surface area contributed by atoms with Crippen LogP contribution in [0.4, 0.5) is 0 Å². The summed E-state index contributed by atoms with van der Waals surface area (Å²) in [5.41, 5.74) is 6.07. The van der Waals surface area contributed by atoms with Crippen molar-refractivity contribution in [1.82, 2.24) is 5.32 Å². The lowest BCUT2D eigenvalue weighted by atomic mass is 10.2. The quantitative estimate of drug-likeness (QED) is 0.759. The molecule has 0 spiro atoms. The smallest absolute Gasteiger partial charge is 0.218 e. The number of halogens is 2. The Morgan fingerprint density at radius 2 is 2.18 bits per heavy atom. The Labute approximate surface area is 117 Å². The highest BCUT2D eigenvalue weighted by molar-refractivity contribution is 9.11. The molecular formula is C11H14Br2N2O2. The minimum absolute atomic E-state index is 0.306. The average Bonchev–Trinajstić information content (AvgIpc) is 2.23. The van der Waals surface area contributed by atoms with Crippen molar-refractivity contribution < 1.29 is 9.53 Å². The number of amides is 1. The second kappa shape index (κ2) is 6.98. The fourth-order valence-electron chi connectivity index (χ4n) is 1.41. The maximum absolute atomic E-state index is 10.6. The molecule has 0 saturated heterocycles. The first kappa shape index (κ1) is 14.5. The van der Waals surface area contributed by atoms with Gasteiger partial charge in [0.1, 0.15) is 5.75 Å². The fourth-order valence-corrected chi connectivity index (χ4v) is 2.88. The molecule has 0 atom stereocenters. The van der Waals surface area contributed by atoms with Crippen LogP contribution in [0.2, 0.25) is 0 Å². The standard InChI is InChI=1S/C11H14Br2N2O2/c1-17-11-7(4-8(12)5-9(11)13)6-15-3-2-10(14)16/h4-5,15H,2-3,6H2,1H3,(H2,14,16). The third-order valence-corrected chi connectivity index (χ3v) is 3.20. The fraction of sp³-hybridized carbons (Fsp3) is 0.364. The van der Waals surface area contributed by atoms with E-state index in [4.69, 9.17) is 10.5 Å². The zero-order valence-electron chi connectivity index (χ0n) is 9.43. The highest BCUT2D eigenvalue weighted by Gasteiger charge is 2.08. The van der Waals surface area contributed by atoms with Crippen LogP contribution in [0.5, 0.6) is 5.75 Å². The summed E-state index contributed by atoms with van der Waals surface area (Å²) in [6, 6.07) is 3.90. The minimum Gasteiger partial charge on any atom is -0.495 e. The van der Waals surface area contributed by atoms with Gasteiger partial charge in [0.05, 0.1) is 11.6 Å². The number of carbonyl (C=O) groups excluding carboxylic acids is 1. The van der Waals surface area contributed by atoms with E-state index in [1.165, 1.54) is 0 Å². The van der Waals surface area contributed by atoms with Gasteiger partial charge in [-0.15, -0.1) is 0 Å². The van der Waals surface area contributed by atoms with Crippen LogP contribution in [0.3, 0.4) is 0 Å². The largest absolute Gasteiger partial charge is 0.495 e. The molecule has 0 aliphatic rings. The first-order chi connectivity index (χ1) is 8.04. The van der Waals surface area contributed by atoms with Crippen LogP contribution in [0.1, 0.15) is 12.0 Å². The molecule has 0 unspecified atom stereocenters. The van der Waals surface area contributed by atoms with E-state index in [1.54, 1.807) is 7.11 Å². The van der Waals surface area contributed by atoms with Gasteiger partial charge in [-0.05, 0) is 28.1 Å². The molecule has 0 aliphatic carbocycles. The van der Waals surface area contributed by atoms with Crippen LogP contribution in [-0.2, 0) is 11.3 Å². The Morgan fingerprint density at radius 3 is 2.76 bits per heavy atom. The average molecular weight is 366 g/mol. The van der Waals surface area contributed by atoms with E-state index >= 15 is 0 Å². The molecule has 3 N–H and O–H groups in total. The van der Waals surface area contributed by atoms with E-state index in [0.29, 0.717) is 19.5 Å². The van der Waals surface area contributed by atoms with Gasteiger partial charge in [0.2, 0.25) is 5.91 Å². The topological polar surface area (TPSA) is 64.3 Å². The molecule has 1 rings (SSSR count). The predicted octanol–water partition coefficient (Wildman–Crippen LogP) is 2.19. The highest BCUT2D eigenvalue weighted by atomic mass is 79.9. The Kier molecular flexibility index (Phi) is 5.94. The predicted molar refractivity (Wildman–Crippen MR) is 73.9 cm³/mol. The third kappa shape index (κ3) is 4.65. The minimum atomic E-state index is -0.306. The molecule has 0 aliphatic heterocycles. The van der Waals surface area contributed by atoms with Crippen molar-refractivity contribution in [2.75, 3.05) is 13.7 Å². The summed E-state index contributed by atoms with van der Waals surface area (Å²) in [5.74, 6) is 0.486. The highest BCUT2D eigenvalue weighted by Crippen LogP contribution is 2.32. The molecule has 0 saturated carbocycles. The van der Waals surface area contributed by atoms with Crippen LogP contribution < -0.4 is 15.8 Å². The first-order valence-corrected chi connectivity index (χ1v) is 6.64. The molecule has 0 bridgehead atoms. The lowest BCUT2D eigenvalue weighted by Gasteiger charge is -2.12. The van der Waals surface area contributed by atoms with E-state index < -0.39 is 0 Å². The Morgan fingerprint density at radius 1 is 1.47 bits per heavy atom. The van der Waals surface area contributed by atoms with Crippen molar-refractivity contribution in [3.63, 3.8) is 0 Å². The molecule has 0 radical (unpaired) electrons. The van der Waals surface area contributed by atoms with Crippen molar-refractivity contribution in [3.8, 4) is 5.75 Å². The van der Waals surface area contributed by atoms with E-state index in [2.05, 4.69) is 37.2 Å². The van der Waals surface area contributed by atoms with Gasteiger partial charge in [0.25, 0.3) is 0 Å². The van der Waals surface area contributed by atoms with E-state index in [1.807, 2.05) is 12.1 Å². The maximum Gasteiger partial charge on any atom is 0.218 e. The lowest BCUT2D eigenvalue weighted by Crippen LogP contribution is -2.21. The van der Waals surface area contributed by atoms with Gasteiger partial charge in [0.15, 0.2) is 0 Å². The van der Waals surface area contributed by atoms with Gasteiger partial charge in [0, 0.05) is 29.5 Å². The first-order valence-electron chi connectivity index (χ1n) is 5.05. The molecule has 1 aromatic rings. The monoisotopic (exact) mass is 364 g/mol.